The van der Waals surface area contributed by atoms with Crippen LogP contribution in [0.5, 0.6) is 0 Å². The monoisotopic (exact) mass is 414 g/mol. The Kier molecular flexibility index (Phi) is 5.67. The molecule has 2 heteroatoms. The number of aryl methyl sites for hydroxylation is 1. The van der Waals surface area contributed by atoms with Crippen molar-refractivity contribution in [2.24, 2.45) is 4.99 Å². The SMILES string of the molecule is CCc1ccc(C2N=CC=C(c3cccc(-c4ccc(-c5ccccc5)cc4)c3)N2)cc1. The minimum absolute atomic E-state index is 0.0604. The van der Waals surface area contributed by atoms with Crippen molar-refractivity contribution in [3.63, 3.8) is 0 Å². The van der Waals surface area contributed by atoms with Gasteiger partial charge in [-0.2, -0.15) is 0 Å². The summed E-state index contributed by atoms with van der Waals surface area (Å²) >= 11 is 0. The number of aliphatic imine (C=N–C) groups is 1. The third-order valence-electron chi connectivity index (χ3n) is 5.97. The molecule has 156 valence electrons. The van der Waals surface area contributed by atoms with Crippen molar-refractivity contribution >= 4 is 11.9 Å². The molecule has 0 spiro atoms. The fourth-order valence-corrected chi connectivity index (χ4v) is 4.07. The van der Waals surface area contributed by atoms with Gasteiger partial charge in [-0.05, 0) is 57.5 Å². The fourth-order valence-electron chi connectivity index (χ4n) is 4.07. The van der Waals surface area contributed by atoms with Gasteiger partial charge in [-0.15, -0.1) is 0 Å². The summed E-state index contributed by atoms with van der Waals surface area (Å²) in [7, 11) is 0. The average Bonchev–Trinajstić information content (AvgIpc) is 2.89. The van der Waals surface area contributed by atoms with Crippen molar-refractivity contribution < 1.29 is 0 Å². The van der Waals surface area contributed by atoms with Crippen molar-refractivity contribution in [3.8, 4) is 22.3 Å². The van der Waals surface area contributed by atoms with Crippen molar-refractivity contribution in [1.29, 1.82) is 0 Å². The van der Waals surface area contributed by atoms with Gasteiger partial charge in [-0.1, -0.05) is 104 Å². The number of rotatable bonds is 5. The Bertz CT molecular complexity index is 1250. The van der Waals surface area contributed by atoms with E-state index in [1.165, 1.54) is 33.4 Å². The molecule has 5 rings (SSSR count). The molecule has 32 heavy (non-hydrogen) atoms. The molecule has 1 heterocycles. The maximum atomic E-state index is 4.64. The van der Waals surface area contributed by atoms with E-state index in [1.54, 1.807) is 0 Å². The molecule has 0 aromatic heterocycles. The maximum absolute atomic E-state index is 4.64. The maximum Gasteiger partial charge on any atom is 0.144 e. The smallest absolute Gasteiger partial charge is 0.144 e. The van der Waals surface area contributed by atoms with Gasteiger partial charge in [0, 0.05) is 11.9 Å². The highest BCUT2D eigenvalue weighted by atomic mass is 15.1. The van der Waals surface area contributed by atoms with Crippen LogP contribution in [0.2, 0.25) is 0 Å². The summed E-state index contributed by atoms with van der Waals surface area (Å²) in [5.74, 6) is 0. The molecule has 0 saturated heterocycles. The third-order valence-corrected chi connectivity index (χ3v) is 5.97. The minimum Gasteiger partial charge on any atom is -0.360 e. The second-order valence-corrected chi connectivity index (χ2v) is 8.04. The molecule has 0 radical (unpaired) electrons. The zero-order valence-electron chi connectivity index (χ0n) is 18.2. The summed E-state index contributed by atoms with van der Waals surface area (Å²) in [5, 5.41) is 3.60. The van der Waals surface area contributed by atoms with Gasteiger partial charge in [-0.3, -0.25) is 4.99 Å². The van der Waals surface area contributed by atoms with Gasteiger partial charge in [-0.25, -0.2) is 0 Å². The number of hydrogen-bond acceptors (Lipinski definition) is 2. The van der Waals surface area contributed by atoms with E-state index in [2.05, 4.69) is 120 Å². The molecule has 0 aliphatic carbocycles. The second-order valence-electron chi connectivity index (χ2n) is 8.04. The van der Waals surface area contributed by atoms with E-state index in [-0.39, 0.29) is 6.17 Å². The Hall–Kier alpha value is -3.91. The number of nitrogens with zero attached hydrogens (tertiary/aromatic N) is 1. The van der Waals surface area contributed by atoms with Crippen molar-refractivity contribution in [1.82, 2.24) is 5.32 Å². The molecule has 1 aliphatic heterocycles. The van der Waals surface area contributed by atoms with Gasteiger partial charge < -0.3 is 5.32 Å². The molecule has 1 atom stereocenters. The topological polar surface area (TPSA) is 24.4 Å². The molecule has 0 bridgehead atoms. The lowest BCUT2D eigenvalue weighted by Crippen LogP contribution is -2.21. The number of benzene rings is 4. The summed E-state index contributed by atoms with van der Waals surface area (Å²) < 4.78 is 0. The van der Waals surface area contributed by atoms with Crippen molar-refractivity contribution in [2.45, 2.75) is 19.5 Å². The fraction of sp³-hybridized carbons (Fsp3) is 0.100. The molecule has 1 unspecified atom stereocenters. The molecule has 4 aromatic rings. The normalized spacial score (nSPS) is 15.2. The first-order chi connectivity index (χ1) is 15.8. The molecule has 1 N–H and O–H groups in total. The molecule has 1 aliphatic rings. The number of nitrogens with one attached hydrogen (secondary N) is 1. The standard InChI is InChI=1S/C30H26N2/c1-2-22-11-13-26(14-12-22)30-31-20-19-29(32-30)28-10-6-9-27(21-28)25-17-15-24(16-18-25)23-7-4-3-5-8-23/h3-21,30,32H,2H2,1H3. The first-order valence-electron chi connectivity index (χ1n) is 11.2. The second kappa shape index (κ2) is 9.07. The highest BCUT2D eigenvalue weighted by Gasteiger charge is 2.15. The van der Waals surface area contributed by atoms with E-state index in [0.717, 1.165) is 17.7 Å². The van der Waals surface area contributed by atoms with Crippen LogP contribution >= 0.6 is 0 Å². The number of hydrogen-bond donors (Lipinski definition) is 1. The Balaban J connectivity index is 1.37. The predicted octanol–water partition coefficient (Wildman–Crippen LogP) is 7.30. The van der Waals surface area contributed by atoms with Gasteiger partial charge in [0.25, 0.3) is 0 Å². The number of allylic oxidation sites excluding steroid dienone is 1. The molecule has 4 aromatic carbocycles. The van der Waals surface area contributed by atoms with Crippen LogP contribution in [0.1, 0.15) is 29.8 Å². The Morgan fingerprint density at radius 3 is 2.00 bits per heavy atom. The van der Waals surface area contributed by atoms with Crippen LogP contribution in [0.25, 0.3) is 28.0 Å². The lowest BCUT2D eigenvalue weighted by atomic mass is 9.98. The molecule has 0 amide bonds. The van der Waals surface area contributed by atoms with Gasteiger partial charge >= 0.3 is 0 Å². The molecule has 0 saturated carbocycles. The van der Waals surface area contributed by atoms with E-state index >= 15 is 0 Å². The minimum atomic E-state index is -0.0604. The summed E-state index contributed by atoms with van der Waals surface area (Å²) in [4.78, 5) is 4.64. The molecule has 2 nitrogen and oxygen atoms in total. The van der Waals surface area contributed by atoms with Crippen LogP contribution in [0.4, 0.5) is 0 Å². The van der Waals surface area contributed by atoms with Crippen LogP contribution in [-0.2, 0) is 6.42 Å². The molecule has 0 fully saturated rings. The van der Waals surface area contributed by atoms with Gasteiger partial charge in [0.2, 0.25) is 0 Å². The van der Waals surface area contributed by atoms with E-state index in [4.69, 9.17) is 0 Å². The summed E-state index contributed by atoms with van der Waals surface area (Å²) in [6.07, 6.45) is 4.95. The van der Waals surface area contributed by atoms with Gasteiger partial charge in [0.05, 0.1) is 0 Å². The van der Waals surface area contributed by atoms with E-state index in [9.17, 15) is 0 Å². The van der Waals surface area contributed by atoms with Crippen molar-refractivity contribution in [3.05, 3.63) is 126 Å². The van der Waals surface area contributed by atoms with Crippen molar-refractivity contribution in [2.75, 3.05) is 0 Å². The van der Waals surface area contributed by atoms with Gasteiger partial charge in [0.15, 0.2) is 0 Å². The van der Waals surface area contributed by atoms with Crippen LogP contribution in [0.3, 0.4) is 0 Å². The predicted molar refractivity (Wildman–Crippen MR) is 135 cm³/mol. The Morgan fingerprint density at radius 1 is 0.656 bits per heavy atom. The summed E-state index contributed by atoms with van der Waals surface area (Å²) in [5.41, 5.74) is 9.66. The molecular weight excluding hydrogens is 388 g/mol. The summed E-state index contributed by atoms with van der Waals surface area (Å²) in [6, 6.07) is 36.7. The first kappa shape index (κ1) is 20.0. The van der Waals surface area contributed by atoms with E-state index < -0.39 is 0 Å². The Labute approximate surface area is 190 Å². The summed E-state index contributed by atoms with van der Waals surface area (Å²) in [6.45, 7) is 2.18. The van der Waals surface area contributed by atoms with Crippen LogP contribution in [0, 0.1) is 0 Å². The quantitative estimate of drug-likeness (QED) is 0.364. The lowest BCUT2D eigenvalue weighted by molar-refractivity contribution is 0.667. The average molecular weight is 415 g/mol. The van der Waals surface area contributed by atoms with Crippen LogP contribution in [0.15, 0.2) is 114 Å². The van der Waals surface area contributed by atoms with Crippen LogP contribution < -0.4 is 5.32 Å². The largest absolute Gasteiger partial charge is 0.360 e. The van der Waals surface area contributed by atoms with Crippen LogP contribution in [-0.4, -0.2) is 6.21 Å². The Morgan fingerprint density at radius 2 is 1.28 bits per heavy atom. The zero-order valence-corrected chi connectivity index (χ0v) is 18.2. The highest BCUT2D eigenvalue weighted by molar-refractivity contribution is 5.86. The van der Waals surface area contributed by atoms with Gasteiger partial charge in [0.1, 0.15) is 6.17 Å². The first-order valence-corrected chi connectivity index (χ1v) is 11.2. The lowest BCUT2D eigenvalue weighted by Gasteiger charge is -2.22. The van der Waals surface area contributed by atoms with E-state index in [0.29, 0.717) is 0 Å². The molecular formula is C30H26N2. The third kappa shape index (κ3) is 4.26. The zero-order chi connectivity index (χ0) is 21.8. The van der Waals surface area contributed by atoms with E-state index in [1.807, 2.05) is 12.3 Å². The highest BCUT2D eigenvalue weighted by Crippen LogP contribution is 2.28.